The van der Waals surface area contributed by atoms with Gasteiger partial charge in [-0.1, -0.05) is 54.1 Å². The van der Waals surface area contributed by atoms with E-state index in [0.29, 0.717) is 17.3 Å². The van der Waals surface area contributed by atoms with Crippen molar-refractivity contribution in [2.45, 2.75) is 6.54 Å². The number of benzene rings is 3. The van der Waals surface area contributed by atoms with Crippen LogP contribution in [0, 0.1) is 0 Å². The highest BCUT2D eigenvalue weighted by atomic mass is 35.5. The Hall–Kier alpha value is -3.04. The molecule has 4 aromatic rings. The highest BCUT2D eigenvalue weighted by molar-refractivity contribution is 6.33. The molecule has 0 saturated heterocycles. The molecule has 4 heteroatoms. The van der Waals surface area contributed by atoms with Crippen LogP contribution in [0.2, 0.25) is 5.02 Å². The molecule has 0 aliphatic heterocycles. The summed E-state index contributed by atoms with van der Waals surface area (Å²) in [6.07, 6.45) is 0. The summed E-state index contributed by atoms with van der Waals surface area (Å²) >= 11 is 6.37. The zero-order valence-electron chi connectivity index (χ0n) is 14.9. The summed E-state index contributed by atoms with van der Waals surface area (Å²) < 4.78 is 11.5. The van der Waals surface area contributed by atoms with Gasteiger partial charge in [0.25, 0.3) is 0 Å². The fourth-order valence-corrected chi connectivity index (χ4v) is 3.19. The quantitative estimate of drug-likeness (QED) is 0.447. The van der Waals surface area contributed by atoms with Crippen LogP contribution in [0.3, 0.4) is 0 Å². The second-order valence-electron chi connectivity index (χ2n) is 6.14. The number of ether oxygens (including phenoxy) is 1. The molecule has 0 radical (unpaired) electrons. The van der Waals surface area contributed by atoms with Crippen LogP contribution in [-0.4, -0.2) is 7.11 Å². The molecule has 3 aromatic carbocycles. The molecule has 3 nitrogen and oxygen atoms in total. The maximum absolute atomic E-state index is 6.37. The highest BCUT2D eigenvalue weighted by Crippen LogP contribution is 2.29. The molecule has 0 atom stereocenters. The lowest BCUT2D eigenvalue weighted by Crippen LogP contribution is -2.05. The van der Waals surface area contributed by atoms with Gasteiger partial charge in [0, 0.05) is 17.0 Å². The van der Waals surface area contributed by atoms with Crippen molar-refractivity contribution in [3.63, 3.8) is 0 Å². The number of nitrogens with zero attached hydrogens (tertiary/aromatic N) is 1. The third kappa shape index (κ3) is 3.74. The third-order valence-corrected chi connectivity index (χ3v) is 4.69. The second-order valence-corrected chi connectivity index (χ2v) is 6.55. The monoisotopic (exact) mass is 375 g/mol. The number of rotatable bonds is 4. The standard InChI is InChI=1S/C23H18ClNO2/c1-26-17-11-12-22-19(13-17)21(25-15-16-7-3-2-4-8-16)14-23(27-22)18-9-5-6-10-20(18)24/h2-14H,15H2,1H3. The maximum atomic E-state index is 6.37. The average Bonchev–Trinajstić information content (AvgIpc) is 2.72. The molecule has 0 N–H and O–H groups in total. The molecule has 0 aliphatic carbocycles. The molecule has 0 unspecified atom stereocenters. The van der Waals surface area contributed by atoms with Crippen molar-refractivity contribution in [2.75, 3.05) is 7.11 Å². The number of hydrogen-bond donors (Lipinski definition) is 0. The van der Waals surface area contributed by atoms with Crippen LogP contribution < -0.4 is 10.1 Å². The molecule has 0 fully saturated rings. The Morgan fingerprint density at radius 3 is 2.48 bits per heavy atom. The van der Waals surface area contributed by atoms with E-state index in [0.717, 1.165) is 33.2 Å². The van der Waals surface area contributed by atoms with Crippen LogP contribution in [0.5, 0.6) is 5.75 Å². The third-order valence-electron chi connectivity index (χ3n) is 4.36. The van der Waals surface area contributed by atoms with Crippen molar-refractivity contribution in [3.8, 4) is 17.1 Å². The van der Waals surface area contributed by atoms with Crippen molar-refractivity contribution in [1.29, 1.82) is 0 Å². The molecule has 1 heterocycles. The van der Waals surface area contributed by atoms with Crippen molar-refractivity contribution in [2.24, 2.45) is 4.99 Å². The Bertz CT molecular complexity index is 1150. The topological polar surface area (TPSA) is 34.7 Å². The van der Waals surface area contributed by atoms with Gasteiger partial charge in [0.15, 0.2) is 0 Å². The largest absolute Gasteiger partial charge is 0.497 e. The van der Waals surface area contributed by atoms with E-state index >= 15 is 0 Å². The van der Waals surface area contributed by atoms with Crippen LogP contribution >= 0.6 is 11.6 Å². The van der Waals surface area contributed by atoms with Gasteiger partial charge in [0.05, 0.1) is 24.0 Å². The maximum Gasteiger partial charge on any atom is 0.138 e. The molecule has 0 amide bonds. The van der Waals surface area contributed by atoms with E-state index in [4.69, 9.17) is 25.7 Å². The summed E-state index contributed by atoms with van der Waals surface area (Å²) in [5, 5.41) is 2.39. The number of methoxy groups -OCH3 is 1. The number of fused-ring (bicyclic) bond motifs is 1. The zero-order valence-corrected chi connectivity index (χ0v) is 15.6. The Balaban J connectivity index is 1.91. The van der Waals surface area contributed by atoms with Crippen LogP contribution in [0.15, 0.2) is 88.3 Å². The van der Waals surface area contributed by atoms with E-state index in [9.17, 15) is 0 Å². The summed E-state index contributed by atoms with van der Waals surface area (Å²) in [6.45, 7) is 0.582. The molecule has 0 aliphatic rings. The van der Waals surface area contributed by atoms with E-state index in [1.54, 1.807) is 7.11 Å². The Kier molecular flexibility index (Phi) is 4.95. The molecule has 0 saturated carbocycles. The zero-order chi connectivity index (χ0) is 18.6. The summed E-state index contributed by atoms with van der Waals surface area (Å²) in [6, 6.07) is 25.5. The van der Waals surface area contributed by atoms with Gasteiger partial charge in [0.1, 0.15) is 17.1 Å². The van der Waals surface area contributed by atoms with Gasteiger partial charge in [-0.15, -0.1) is 0 Å². The van der Waals surface area contributed by atoms with Crippen molar-refractivity contribution >= 4 is 22.6 Å². The molecule has 27 heavy (non-hydrogen) atoms. The van der Waals surface area contributed by atoms with Gasteiger partial charge in [-0.05, 0) is 35.9 Å². The first-order valence-electron chi connectivity index (χ1n) is 8.66. The number of halogens is 1. The minimum atomic E-state index is 0.582. The van der Waals surface area contributed by atoms with E-state index in [-0.39, 0.29) is 0 Å². The molecule has 134 valence electrons. The summed E-state index contributed by atoms with van der Waals surface area (Å²) in [4.78, 5) is 4.84. The summed E-state index contributed by atoms with van der Waals surface area (Å²) in [5.41, 5.74) is 2.72. The van der Waals surface area contributed by atoms with Crippen LogP contribution in [0.4, 0.5) is 0 Å². The van der Waals surface area contributed by atoms with E-state index in [1.807, 2.05) is 66.7 Å². The lowest BCUT2D eigenvalue weighted by Gasteiger charge is -2.08. The molecular formula is C23H18ClNO2. The fraction of sp³-hybridized carbons (Fsp3) is 0.0870. The predicted octanol–water partition coefficient (Wildman–Crippen LogP) is 5.86. The lowest BCUT2D eigenvalue weighted by molar-refractivity contribution is 0.415. The van der Waals surface area contributed by atoms with Crippen molar-refractivity contribution < 1.29 is 9.15 Å². The Morgan fingerprint density at radius 2 is 1.70 bits per heavy atom. The normalized spacial score (nSPS) is 11.7. The van der Waals surface area contributed by atoms with Crippen molar-refractivity contribution in [1.82, 2.24) is 0 Å². The number of hydrogen-bond acceptors (Lipinski definition) is 3. The first kappa shape index (κ1) is 17.4. The summed E-state index contributed by atoms with van der Waals surface area (Å²) in [7, 11) is 1.65. The smallest absolute Gasteiger partial charge is 0.138 e. The van der Waals surface area contributed by atoms with Crippen LogP contribution in [-0.2, 0) is 6.54 Å². The fourth-order valence-electron chi connectivity index (χ4n) is 2.96. The summed E-state index contributed by atoms with van der Waals surface area (Å²) in [5.74, 6) is 1.45. The van der Waals surface area contributed by atoms with Gasteiger partial charge in [-0.25, -0.2) is 0 Å². The first-order chi connectivity index (χ1) is 13.2. The molecule has 0 spiro atoms. The molecule has 4 rings (SSSR count). The minimum absolute atomic E-state index is 0.582. The molecular weight excluding hydrogens is 358 g/mol. The van der Waals surface area contributed by atoms with Gasteiger partial charge < -0.3 is 9.15 Å². The van der Waals surface area contributed by atoms with E-state index in [1.165, 1.54) is 0 Å². The lowest BCUT2D eigenvalue weighted by atomic mass is 10.1. The Morgan fingerprint density at radius 1 is 0.926 bits per heavy atom. The second kappa shape index (κ2) is 7.68. The minimum Gasteiger partial charge on any atom is -0.497 e. The van der Waals surface area contributed by atoms with Crippen LogP contribution in [0.1, 0.15) is 5.56 Å². The first-order valence-corrected chi connectivity index (χ1v) is 9.03. The van der Waals surface area contributed by atoms with Gasteiger partial charge in [0.2, 0.25) is 0 Å². The predicted molar refractivity (Wildman–Crippen MR) is 109 cm³/mol. The van der Waals surface area contributed by atoms with Crippen molar-refractivity contribution in [3.05, 3.63) is 94.8 Å². The van der Waals surface area contributed by atoms with Gasteiger partial charge in [-0.2, -0.15) is 0 Å². The average molecular weight is 376 g/mol. The SMILES string of the molecule is COc1ccc2oc(-c3ccccc3Cl)cc(=NCc3ccccc3)c2c1. The highest BCUT2D eigenvalue weighted by Gasteiger charge is 2.09. The Labute approximate surface area is 162 Å². The molecule has 1 aromatic heterocycles. The van der Waals surface area contributed by atoms with Crippen LogP contribution in [0.25, 0.3) is 22.3 Å². The van der Waals surface area contributed by atoms with E-state index in [2.05, 4.69) is 12.1 Å². The van der Waals surface area contributed by atoms with Gasteiger partial charge in [-0.3, -0.25) is 4.99 Å². The molecule has 0 bridgehead atoms. The van der Waals surface area contributed by atoms with E-state index < -0.39 is 0 Å². The van der Waals surface area contributed by atoms with Gasteiger partial charge >= 0.3 is 0 Å².